The van der Waals surface area contributed by atoms with Crippen LogP contribution in [0.2, 0.25) is 0 Å². The van der Waals surface area contributed by atoms with Crippen molar-refractivity contribution in [2.75, 3.05) is 25.9 Å². The number of benzene rings is 1. The second-order valence-electron chi connectivity index (χ2n) is 3.63. The number of halogens is 1. The number of methoxy groups -OCH3 is 2. The number of sulfonamides is 1. The van der Waals surface area contributed by atoms with Gasteiger partial charge in [-0.3, -0.25) is 0 Å². The molecule has 1 aromatic rings. The zero-order valence-corrected chi connectivity index (χ0v) is 12.9. The summed E-state index contributed by atoms with van der Waals surface area (Å²) in [6, 6.07) is 5.37. The highest BCUT2D eigenvalue weighted by molar-refractivity contribution is 9.10. The van der Waals surface area contributed by atoms with Gasteiger partial charge in [0.05, 0.1) is 14.2 Å². The van der Waals surface area contributed by atoms with E-state index in [0.717, 1.165) is 5.56 Å². The number of rotatable bonds is 6. The van der Waals surface area contributed by atoms with Crippen molar-refractivity contribution < 1.29 is 17.9 Å². The van der Waals surface area contributed by atoms with Crippen molar-refractivity contribution in [2.45, 2.75) is 6.54 Å². The van der Waals surface area contributed by atoms with Crippen LogP contribution in [0.5, 0.6) is 11.5 Å². The predicted molar refractivity (Wildman–Crippen MR) is 73.7 cm³/mol. The molecular weight excluding hydrogens is 322 g/mol. The fraction of sp³-hybridized carbons (Fsp3) is 0.455. The molecule has 0 saturated carbocycles. The molecule has 0 aliphatic rings. The molecule has 0 heterocycles. The lowest BCUT2D eigenvalue weighted by Gasteiger charge is -2.18. The molecule has 102 valence electrons. The summed E-state index contributed by atoms with van der Waals surface area (Å²) in [5, 5.41) is 0. The minimum atomic E-state index is -3.29. The van der Waals surface area contributed by atoms with Gasteiger partial charge < -0.3 is 9.47 Å². The largest absolute Gasteiger partial charge is 0.493 e. The van der Waals surface area contributed by atoms with Crippen molar-refractivity contribution in [1.82, 2.24) is 4.31 Å². The number of hydrogen-bond donors (Lipinski definition) is 0. The van der Waals surface area contributed by atoms with Crippen LogP contribution >= 0.6 is 15.9 Å². The molecule has 1 aromatic carbocycles. The Morgan fingerprint density at radius 2 is 1.94 bits per heavy atom. The minimum absolute atomic E-state index is 0.108. The lowest BCUT2D eigenvalue weighted by molar-refractivity contribution is 0.347. The summed E-state index contributed by atoms with van der Waals surface area (Å²) < 4.78 is 34.9. The SMILES string of the molecule is COc1cccc(CN(C)S(=O)(=O)CBr)c1OC. The second kappa shape index (κ2) is 6.40. The molecule has 0 N–H and O–H groups in total. The molecule has 0 saturated heterocycles. The van der Waals surface area contributed by atoms with Gasteiger partial charge in [-0.1, -0.05) is 28.1 Å². The molecule has 0 unspecified atom stereocenters. The van der Waals surface area contributed by atoms with Gasteiger partial charge in [0, 0.05) is 19.2 Å². The summed E-state index contributed by atoms with van der Waals surface area (Å²) in [4.78, 5) is 0. The van der Waals surface area contributed by atoms with Crippen molar-refractivity contribution in [2.24, 2.45) is 0 Å². The fourth-order valence-electron chi connectivity index (χ4n) is 1.50. The van der Waals surface area contributed by atoms with E-state index in [2.05, 4.69) is 15.9 Å². The Labute approximate surface area is 116 Å². The average molecular weight is 338 g/mol. The van der Waals surface area contributed by atoms with E-state index in [1.54, 1.807) is 19.2 Å². The van der Waals surface area contributed by atoms with E-state index >= 15 is 0 Å². The summed E-state index contributed by atoms with van der Waals surface area (Å²) in [6.45, 7) is 0.230. The number of hydrogen-bond acceptors (Lipinski definition) is 4. The number of nitrogens with zero attached hydrogens (tertiary/aromatic N) is 1. The number of para-hydroxylation sites is 1. The first kappa shape index (κ1) is 15.3. The summed E-state index contributed by atoms with van der Waals surface area (Å²) in [6.07, 6.45) is 0. The van der Waals surface area contributed by atoms with Gasteiger partial charge in [0.2, 0.25) is 10.0 Å². The summed E-state index contributed by atoms with van der Waals surface area (Å²) in [7, 11) is 1.31. The Kier molecular flexibility index (Phi) is 5.43. The second-order valence-corrected chi connectivity index (χ2v) is 7.01. The molecule has 0 bridgehead atoms. The van der Waals surface area contributed by atoms with E-state index < -0.39 is 10.0 Å². The highest BCUT2D eigenvalue weighted by Gasteiger charge is 2.19. The highest BCUT2D eigenvalue weighted by Crippen LogP contribution is 2.31. The summed E-state index contributed by atoms with van der Waals surface area (Å²) in [5.41, 5.74) is 0.754. The third-order valence-corrected chi connectivity index (χ3v) is 5.58. The highest BCUT2D eigenvalue weighted by atomic mass is 79.9. The van der Waals surface area contributed by atoms with Gasteiger partial charge >= 0.3 is 0 Å². The molecule has 0 spiro atoms. The van der Waals surface area contributed by atoms with Gasteiger partial charge in [-0.2, -0.15) is 4.31 Å². The zero-order chi connectivity index (χ0) is 13.8. The molecule has 0 radical (unpaired) electrons. The maximum atomic E-state index is 11.7. The third kappa shape index (κ3) is 3.37. The first-order valence-corrected chi connectivity index (χ1v) is 7.89. The fourth-order valence-corrected chi connectivity index (χ4v) is 3.05. The monoisotopic (exact) mass is 337 g/mol. The van der Waals surface area contributed by atoms with Crippen molar-refractivity contribution in [3.05, 3.63) is 23.8 Å². The van der Waals surface area contributed by atoms with Crippen molar-refractivity contribution >= 4 is 26.0 Å². The van der Waals surface area contributed by atoms with E-state index in [1.165, 1.54) is 18.5 Å². The first-order valence-electron chi connectivity index (χ1n) is 5.16. The Balaban J connectivity index is 3.05. The van der Waals surface area contributed by atoms with Crippen molar-refractivity contribution in [1.29, 1.82) is 0 Å². The molecule has 0 atom stereocenters. The van der Waals surface area contributed by atoms with Crippen molar-refractivity contribution in [3.63, 3.8) is 0 Å². The normalized spacial score (nSPS) is 11.6. The van der Waals surface area contributed by atoms with Crippen LogP contribution in [0.15, 0.2) is 18.2 Å². The molecule has 7 heteroatoms. The minimum Gasteiger partial charge on any atom is -0.493 e. The maximum Gasteiger partial charge on any atom is 0.224 e. The first-order chi connectivity index (χ1) is 8.46. The van der Waals surface area contributed by atoms with Gasteiger partial charge in [-0.05, 0) is 6.07 Å². The molecule has 0 aliphatic heterocycles. The molecule has 1 rings (SSSR count). The van der Waals surface area contributed by atoms with E-state index in [4.69, 9.17) is 9.47 Å². The van der Waals surface area contributed by atoms with Crippen LogP contribution in [0.3, 0.4) is 0 Å². The van der Waals surface area contributed by atoms with Gasteiger partial charge in [0.25, 0.3) is 0 Å². The standard InChI is InChI=1S/C11H16BrNO4S/c1-13(18(14,15)8-12)7-9-5-4-6-10(16-2)11(9)17-3/h4-6H,7-8H2,1-3H3. The van der Waals surface area contributed by atoms with Crippen LogP contribution in [0.1, 0.15) is 5.56 Å². The molecule has 0 aromatic heterocycles. The smallest absolute Gasteiger partial charge is 0.224 e. The van der Waals surface area contributed by atoms with Crippen LogP contribution in [-0.4, -0.2) is 38.7 Å². The van der Waals surface area contributed by atoms with Crippen LogP contribution < -0.4 is 9.47 Å². The van der Waals surface area contributed by atoms with Gasteiger partial charge in [-0.25, -0.2) is 8.42 Å². The molecule has 0 amide bonds. The lowest BCUT2D eigenvalue weighted by atomic mass is 10.2. The molecule has 0 fully saturated rings. The zero-order valence-electron chi connectivity index (χ0n) is 10.5. The predicted octanol–water partition coefficient (Wildman–Crippen LogP) is 1.82. The Hall–Kier alpha value is -0.790. The van der Waals surface area contributed by atoms with E-state index in [-0.39, 0.29) is 11.2 Å². The Bertz CT molecular complexity index is 504. The molecular formula is C11H16BrNO4S. The maximum absolute atomic E-state index is 11.7. The average Bonchev–Trinajstić information content (AvgIpc) is 2.38. The number of alkyl halides is 1. The third-order valence-electron chi connectivity index (χ3n) is 2.49. The van der Waals surface area contributed by atoms with Gasteiger partial charge in [0.1, 0.15) is 4.66 Å². The van der Waals surface area contributed by atoms with E-state index in [1.807, 2.05) is 6.07 Å². The van der Waals surface area contributed by atoms with Crippen LogP contribution in [0, 0.1) is 0 Å². The topological polar surface area (TPSA) is 55.8 Å². The Morgan fingerprint density at radius 1 is 1.28 bits per heavy atom. The molecule has 0 aliphatic carbocycles. The summed E-state index contributed by atoms with van der Waals surface area (Å²) >= 11 is 2.96. The van der Waals surface area contributed by atoms with Gasteiger partial charge in [0.15, 0.2) is 11.5 Å². The van der Waals surface area contributed by atoms with Crippen LogP contribution in [0.25, 0.3) is 0 Å². The quantitative estimate of drug-likeness (QED) is 0.743. The van der Waals surface area contributed by atoms with Crippen LogP contribution in [0.4, 0.5) is 0 Å². The Morgan fingerprint density at radius 3 is 2.44 bits per heavy atom. The molecule has 5 nitrogen and oxygen atoms in total. The number of ether oxygens (including phenoxy) is 2. The van der Waals surface area contributed by atoms with E-state index in [9.17, 15) is 8.42 Å². The van der Waals surface area contributed by atoms with E-state index in [0.29, 0.717) is 11.5 Å². The lowest BCUT2D eigenvalue weighted by Crippen LogP contribution is -2.27. The van der Waals surface area contributed by atoms with Gasteiger partial charge in [-0.15, -0.1) is 0 Å². The van der Waals surface area contributed by atoms with Crippen molar-refractivity contribution in [3.8, 4) is 11.5 Å². The molecule has 18 heavy (non-hydrogen) atoms. The summed E-state index contributed by atoms with van der Waals surface area (Å²) in [5.74, 6) is 1.14. The van der Waals surface area contributed by atoms with Crippen LogP contribution in [-0.2, 0) is 16.6 Å².